The summed E-state index contributed by atoms with van der Waals surface area (Å²) in [5, 5.41) is 8.02. The molecule has 0 aliphatic carbocycles. The fourth-order valence-corrected chi connectivity index (χ4v) is 15.7. The fourth-order valence-electron chi connectivity index (χ4n) is 12.6. The van der Waals surface area contributed by atoms with Gasteiger partial charge in [0, 0.05) is 43.8 Å². The summed E-state index contributed by atoms with van der Waals surface area (Å²) < 4.78 is 55.5. The highest BCUT2D eigenvalue weighted by molar-refractivity contribution is 7.36. The van der Waals surface area contributed by atoms with Crippen molar-refractivity contribution in [1.29, 1.82) is 0 Å². The Morgan fingerprint density at radius 1 is 0.307 bits per heavy atom. The molecule has 0 saturated heterocycles. The summed E-state index contributed by atoms with van der Waals surface area (Å²) in [6, 6.07) is 61.0. The van der Waals surface area contributed by atoms with Crippen LogP contribution in [0.1, 0.15) is 116 Å². The summed E-state index contributed by atoms with van der Waals surface area (Å²) in [6.45, 7) is 26.8. The van der Waals surface area contributed by atoms with Gasteiger partial charge in [-0.05, 0) is 148 Å². The molecule has 10 aromatic carbocycles. The van der Waals surface area contributed by atoms with Crippen LogP contribution in [0.3, 0.4) is 0 Å². The van der Waals surface area contributed by atoms with Gasteiger partial charge in [0.2, 0.25) is 16.0 Å². The molecule has 0 unspecified atom stereocenters. The van der Waals surface area contributed by atoms with Crippen molar-refractivity contribution in [3.05, 3.63) is 203 Å². The molecular weight excluding hydrogens is 1130 g/mol. The fraction of sp³-hybridized carbons (Fsp3) is 0.282. The molecule has 12 rings (SSSR count). The zero-order valence-corrected chi connectivity index (χ0v) is 55.5. The number of ether oxygens (including phenoxy) is 4. The van der Waals surface area contributed by atoms with Gasteiger partial charge in [0.15, 0.2) is 0 Å². The highest BCUT2D eigenvalue weighted by atomic mass is 31.1. The number of rotatable bonds is 11. The molecule has 0 atom stereocenters. The third kappa shape index (κ3) is 11.2. The Hall–Kier alpha value is -8.28. The minimum atomic E-state index is -1.84. The number of hydrogen-bond acceptors (Lipinski definition) is 8. The molecule has 0 amide bonds. The van der Waals surface area contributed by atoms with Crippen molar-refractivity contribution in [2.24, 2.45) is 0 Å². The smallest absolute Gasteiger partial charge is 0.221 e. The van der Waals surface area contributed by atoms with Crippen LogP contribution in [0.2, 0.25) is 0 Å². The minimum absolute atomic E-state index is 0.352. The summed E-state index contributed by atoms with van der Waals surface area (Å²) in [6.07, 6.45) is 0.812. The third-order valence-electron chi connectivity index (χ3n) is 17.1. The second-order valence-corrected chi connectivity index (χ2v) is 30.0. The molecule has 0 bridgehead atoms. The number of benzene rings is 10. The molecule has 2 heterocycles. The van der Waals surface area contributed by atoms with E-state index in [0.717, 1.165) is 155 Å². The molecule has 12 aromatic rings. The van der Waals surface area contributed by atoms with Crippen molar-refractivity contribution in [3.63, 3.8) is 0 Å². The first-order chi connectivity index (χ1) is 41.9. The van der Waals surface area contributed by atoms with Crippen molar-refractivity contribution >= 4 is 81.4 Å². The standard InChI is InChI=1S/C78H80O8P2/c1-75(2,3)65-41-51(79-13)37-59-60-38-52(80-14)42-66(76(4,5)6)72(60)84-87(83-71(59)65)45-63-57(47-27-19-17-20-28-47)35-49-31-23-25-33-55(49)69(63)70-56-34-26-24-32-50(56)36-58(48-29-21-18-22-30-48)64(70)46-88-85-73-61(39-53(81-15)43-67(73)77(7,8)9)62-40-54(82-16)44-68(74(62)86-88)78(10,11)12/h17-44H,45-46H2,1-16H3. The lowest BCUT2D eigenvalue weighted by molar-refractivity contribution is 0.413. The van der Waals surface area contributed by atoms with E-state index in [1.807, 2.05) is 0 Å². The van der Waals surface area contributed by atoms with E-state index in [4.69, 9.17) is 35.7 Å². The lowest BCUT2D eigenvalue weighted by Crippen LogP contribution is -2.12. The van der Waals surface area contributed by atoms with Gasteiger partial charge in [-0.3, -0.25) is 0 Å². The van der Waals surface area contributed by atoms with Crippen molar-refractivity contribution < 1.29 is 35.7 Å². The highest BCUT2D eigenvalue weighted by Gasteiger charge is 2.31. The number of methoxy groups -OCH3 is 4. The summed E-state index contributed by atoms with van der Waals surface area (Å²) in [5.41, 5.74) is 14.5. The van der Waals surface area contributed by atoms with Crippen molar-refractivity contribution in [3.8, 4) is 56.4 Å². The number of hydrogen-bond donors (Lipinski definition) is 0. The first kappa shape index (κ1) is 60.0. The zero-order valence-electron chi connectivity index (χ0n) is 53.7. The Morgan fingerprint density at radius 3 is 0.830 bits per heavy atom. The Morgan fingerprint density at radius 2 is 0.568 bits per heavy atom. The van der Waals surface area contributed by atoms with Crippen molar-refractivity contribution in [2.45, 2.75) is 117 Å². The van der Waals surface area contributed by atoms with Crippen LogP contribution in [0.25, 0.3) is 98.8 Å². The van der Waals surface area contributed by atoms with Gasteiger partial charge >= 0.3 is 0 Å². The zero-order chi connectivity index (χ0) is 62.2. The molecule has 0 spiro atoms. The Labute approximate surface area is 519 Å². The summed E-state index contributed by atoms with van der Waals surface area (Å²) in [7, 11) is 3.24. The van der Waals surface area contributed by atoms with Gasteiger partial charge in [-0.2, -0.15) is 0 Å². The predicted molar refractivity (Wildman–Crippen MR) is 370 cm³/mol. The molecule has 10 heteroatoms. The first-order valence-electron chi connectivity index (χ1n) is 30.3. The van der Waals surface area contributed by atoms with E-state index in [0.29, 0.717) is 12.3 Å². The van der Waals surface area contributed by atoms with E-state index in [1.54, 1.807) is 28.4 Å². The average molecular weight is 1210 g/mol. The summed E-state index contributed by atoms with van der Waals surface area (Å²) in [5.74, 6) is 2.96. The molecule has 0 saturated carbocycles. The van der Waals surface area contributed by atoms with Crippen LogP contribution in [0.15, 0.2) is 187 Å². The van der Waals surface area contributed by atoms with Gasteiger partial charge in [0.05, 0.1) is 40.8 Å². The van der Waals surface area contributed by atoms with Gasteiger partial charge in [0.1, 0.15) is 45.3 Å². The number of fused-ring (bicyclic) bond motifs is 8. The largest absolute Gasteiger partial charge is 0.497 e. The normalized spacial score (nSPS) is 12.4. The van der Waals surface area contributed by atoms with Crippen LogP contribution < -0.4 is 18.9 Å². The van der Waals surface area contributed by atoms with E-state index in [9.17, 15) is 0 Å². The van der Waals surface area contributed by atoms with Gasteiger partial charge in [-0.15, -0.1) is 0 Å². The lowest BCUT2D eigenvalue weighted by Gasteiger charge is -2.24. The molecule has 450 valence electrons. The monoisotopic (exact) mass is 1210 g/mol. The van der Waals surface area contributed by atoms with Crippen LogP contribution in [0.4, 0.5) is 0 Å². The SMILES string of the molecule is COc1cc(C(C)(C)C)c2op(Cc3c(-c4ccccc4)cc4ccccc4c3-c3c(Cp4oc5c(C(C)(C)C)cc(OC)cc5c5cc(OC)cc(C(C)(C)C)c5o4)c(-c4ccccc4)cc4ccccc34)oc3c(C(C)(C)C)cc(OC)cc3c2c1. The van der Waals surface area contributed by atoms with E-state index in [1.165, 1.54) is 0 Å². The minimum Gasteiger partial charge on any atom is -0.497 e. The predicted octanol–water partition coefficient (Wildman–Crippen LogP) is 23.5. The van der Waals surface area contributed by atoms with Gasteiger partial charge in [0.25, 0.3) is 0 Å². The maximum Gasteiger partial charge on any atom is 0.221 e. The first-order valence-corrected chi connectivity index (χ1v) is 33.1. The Kier molecular flexibility index (Phi) is 15.7. The molecular formula is C78H80O8P2. The van der Waals surface area contributed by atoms with Crippen LogP contribution in [-0.2, 0) is 34.0 Å². The van der Waals surface area contributed by atoms with E-state index < -0.39 is 16.0 Å². The second-order valence-electron chi connectivity index (χ2n) is 27.3. The van der Waals surface area contributed by atoms with Crippen molar-refractivity contribution in [1.82, 2.24) is 0 Å². The lowest BCUT2D eigenvalue weighted by atomic mass is 9.82. The van der Waals surface area contributed by atoms with E-state index in [2.05, 4.69) is 253 Å². The highest BCUT2D eigenvalue weighted by Crippen LogP contribution is 2.55. The molecule has 0 aliphatic heterocycles. The quantitative estimate of drug-likeness (QED) is 0.127. The van der Waals surface area contributed by atoms with Crippen LogP contribution >= 0.6 is 16.0 Å². The molecule has 2 aromatic heterocycles. The summed E-state index contributed by atoms with van der Waals surface area (Å²) >= 11 is 0. The van der Waals surface area contributed by atoms with Crippen LogP contribution in [0.5, 0.6) is 23.0 Å². The maximum absolute atomic E-state index is 7.75. The average Bonchev–Trinajstić information content (AvgIpc) is 1.23. The molecule has 88 heavy (non-hydrogen) atoms. The van der Waals surface area contributed by atoms with Crippen LogP contribution in [0, 0.1) is 0 Å². The van der Waals surface area contributed by atoms with E-state index >= 15 is 0 Å². The molecule has 0 N–H and O–H groups in total. The van der Waals surface area contributed by atoms with E-state index in [-0.39, 0.29) is 21.7 Å². The van der Waals surface area contributed by atoms with Gasteiger partial charge in [-0.1, -0.05) is 192 Å². The van der Waals surface area contributed by atoms with Crippen LogP contribution in [-0.4, -0.2) is 28.4 Å². The van der Waals surface area contributed by atoms with Gasteiger partial charge < -0.3 is 35.7 Å². The van der Waals surface area contributed by atoms with Crippen molar-refractivity contribution in [2.75, 3.05) is 28.4 Å². The third-order valence-corrected chi connectivity index (χ3v) is 19.8. The molecule has 0 fully saturated rings. The maximum atomic E-state index is 7.75. The topological polar surface area (TPSA) is 89.5 Å². The molecule has 0 radical (unpaired) electrons. The van der Waals surface area contributed by atoms with Gasteiger partial charge in [-0.25, -0.2) is 0 Å². The summed E-state index contributed by atoms with van der Waals surface area (Å²) in [4.78, 5) is 0. The molecule has 0 aliphatic rings. The second kappa shape index (κ2) is 23.0. The molecule has 8 nitrogen and oxygen atoms in total. The Bertz CT molecular complexity index is 4290. The Balaban J connectivity index is 1.28.